The summed E-state index contributed by atoms with van der Waals surface area (Å²) in [4.78, 5) is 9.97. The molecule has 0 radical (unpaired) electrons. The van der Waals surface area contributed by atoms with Gasteiger partial charge in [-0.3, -0.25) is 4.99 Å². The van der Waals surface area contributed by atoms with Gasteiger partial charge in [-0.15, -0.1) is 35.3 Å². The number of rotatable bonds is 5. The van der Waals surface area contributed by atoms with E-state index in [1.54, 1.807) is 18.4 Å². The maximum atomic E-state index is 6.17. The van der Waals surface area contributed by atoms with Crippen LogP contribution in [0, 0.1) is 13.8 Å². The van der Waals surface area contributed by atoms with Crippen LogP contribution in [0.15, 0.2) is 23.2 Å². The maximum Gasteiger partial charge on any atom is 0.191 e. The van der Waals surface area contributed by atoms with Crippen molar-refractivity contribution in [2.24, 2.45) is 4.99 Å². The van der Waals surface area contributed by atoms with E-state index in [4.69, 9.17) is 23.2 Å². The topological polar surface area (TPSA) is 49.3 Å². The predicted octanol–water partition coefficient (Wildman–Crippen LogP) is 4.59. The highest BCUT2D eigenvalue weighted by atomic mass is 127. The van der Waals surface area contributed by atoms with Crippen LogP contribution in [0.1, 0.15) is 21.1 Å². The molecular formula is C16H21Cl2IN4S. The number of guanidine groups is 1. The number of thiazole rings is 1. The number of aryl methyl sites for hydroxylation is 2. The summed E-state index contributed by atoms with van der Waals surface area (Å²) in [6.45, 7) is 5.46. The lowest BCUT2D eigenvalue weighted by Crippen LogP contribution is -2.37. The minimum atomic E-state index is 0. The molecule has 0 saturated heterocycles. The number of benzene rings is 1. The van der Waals surface area contributed by atoms with Crippen molar-refractivity contribution in [1.29, 1.82) is 0 Å². The molecule has 1 heterocycles. The molecule has 2 rings (SSSR count). The molecule has 2 aromatic rings. The summed E-state index contributed by atoms with van der Waals surface area (Å²) in [5.74, 6) is 0.735. The second kappa shape index (κ2) is 10.4. The lowest BCUT2D eigenvalue weighted by atomic mass is 10.1. The molecule has 0 fully saturated rings. The van der Waals surface area contributed by atoms with Crippen molar-refractivity contribution in [3.8, 4) is 0 Å². The molecule has 0 aliphatic heterocycles. The minimum absolute atomic E-state index is 0. The van der Waals surface area contributed by atoms with Gasteiger partial charge < -0.3 is 10.6 Å². The van der Waals surface area contributed by atoms with Crippen LogP contribution in [0.3, 0.4) is 0 Å². The summed E-state index contributed by atoms with van der Waals surface area (Å²) in [6.07, 6.45) is 0.731. The van der Waals surface area contributed by atoms with Gasteiger partial charge in [0.15, 0.2) is 5.96 Å². The molecule has 0 spiro atoms. The third-order valence-corrected chi connectivity index (χ3v) is 5.21. The number of nitrogens with zero attached hydrogens (tertiary/aromatic N) is 2. The van der Waals surface area contributed by atoms with Crippen LogP contribution in [0.25, 0.3) is 0 Å². The number of aromatic nitrogens is 1. The Morgan fingerprint density at radius 1 is 1.21 bits per heavy atom. The Bertz CT molecular complexity index is 664. The molecule has 8 heteroatoms. The molecule has 0 amide bonds. The summed E-state index contributed by atoms with van der Waals surface area (Å²) in [6, 6.07) is 5.55. The first kappa shape index (κ1) is 21.5. The summed E-state index contributed by atoms with van der Waals surface area (Å²) in [5.41, 5.74) is 2.04. The van der Waals surface area contributed by atoms with E-state index in [0.717, 1.165) is 28.6 Å². The Balaban J connectivity index is 0.00000288. The zero-order valence-corrected chi connectivity index (χ0v) is 18.5. The van der Waals surface area contributed by atoms with Crippen molar-refractivity contribution in [2.75, 3.05) is 13.6 Å². The quantitative estimate of drug-likeness (QED) is 0.360. The summed E-state index contributed by atoms with van der Waals surface area (Å²) < 4.78 is 0. The van der Waals surface area contributed by atoms with Crippen molar-refractivity contribution >= 4 is 64.5 Å². The molecule has 0 unspecified atom stereocenters. The predicted molar refractivity (Wildman–Crippen MR) is 115 cm³/mol. The Kier molecular flexibility index (Phi) is 9.33. The monoisotopic (exact) mass is 498 g/mol. The van der Waals surface area contributed by atoms with E-state index >= 15 is 0 Å². The molecular weight excluding hydrogens is 478 g/mol. The highest BCUT2D eigenvalue weighted by molar-refractivity contribution is 14.0. The lowest BCUT2D eigenvalue weighted by Gasteiger charge is -2.12. The van der Waals surface area contributed by atoms with E-state index in [9.17, 15) is 0 Å². The van der Waals surface area contributed by atoms with Gasteiger partial charge in [0.25, 0.3) is 0 Å². The zero-order valence-electron chi connectivity index (χ0n) is 13.8. The fourth-order valence-electron chi connectivity index (χ4n) is 2.07. The number of halogens is 3. The van der Waals surface area contributed by atoms with E-state index in [1.807, 2.05) is 25.1 Å². The van der Waals surface area contributed by atoms with Crippen LogP contribution in [0.5, 0.6) is 0 Å². The van der Waals surface area contributed by atoms with Gasteiger partial charge in [0.05, 0.1) is 12.2 Å². The van der Waals surface area contributed by atoms with Crippen LogP contribution < -0.4 is 10.6 Å². The minimum Gasteiger partial charge on any atom is -0.356 e. The second-order valence-corrected chi connectivity index (χ2v) is 7.15. The molecule has 0 saturated carbocycles. The van der Waals surface area contributed by atoms with Crippen LogP contribution in [-0.4, -0.2) is 24.5 Å². The first-order valence-corrected chi connectivity index (χ1v) is 8.88. The smallest absolute Gasteiger partial charge is 0.191 e. The fourth-order valence-corrected chi connectivity index (χ4v) is 3.53. The molecule has 1 aromatic carbocycles. The number of hydrogen-bond acceptors (Lipinski definition) is 3. The third kappa shape index (κ3) is 6.06. The molecule has 0 bridgehead atoms. The lowest BCUT2D eigenvalue weighted by molar-refractivity contribution is 0.790. The van der Waals surface area contributed by atoms with Gasteiger partial charge in [0.1, 0.15) is 5.01 Å². The Morgan fingerprint density at radius 2 is 1.88 bits per heavy atom. The summed E-state index contributed by atoms with van der Waals surface area (Å²) in [7, 11) is 1.75. The van der Waals surface area contributed by atoms with Crippen molar-refractivity contribution in [2.45, 2.75) is 26.8 Å². The first-order chi connectivity index (χ1) is 11.0. The third-order valence-electron chi connectivity index (χ3n) is 3.43. The average molecular weight is 499 g/mol. The molecule has 4 nitrogen and oxygen atoms in total. The maximum absolute atomic E-state index is 6.17. The standard InChI is InChI=1S/C16H20Cl2N4S.HI/c1-10-11(2)23-15(22-10)9-21-16(19-3)20-8-7-12-13(17)5-4-6-14(12)18;/h4-6H,7-9H2,1-3H3,(H2,19,20,21);1H. The van der Waals surface area contributed by atoms with Gasteiger partial charge in [-0.1, -0.05) is 29.3 Å². The van der Waals surface area contributed by atoms with Gasteiger partial charge in [-0.25, -0.2) is 4.98 Å². The Morgan fingerprint density at radius 3 is 2.42 bits per heavy atom. The van der Waals surface area contributed by atoms with Crippen LogP contribution in [0.2, 0.25) is 10.0 Å². The van der Waals surface area contributed by atoms with Crippen molar-refractivity contribution < 1.29 is 0 Å². The van der Waals surface area contributed by atoms with Crippen molar-refractivity contribution in [3.05, 3.63) is 49.4 Å². The molecule has 1 aromatic heterocycles. The fraction of sp³-hybridized carbons (Fsp3) is 0.375. The normalized spacial score (nSPS) is 11.1. The van der Waals surface area contributed by atoms with E-state index < -0.39 is 0 Å². The van der Waals surface area contributed by atoms with Gasteiger partial charge in [0, 0.05) is 28.5 Å². The second-order valence-electron chi connectivity index (χ2n) is 5.05. The van der Waals surface area contributed by atoms with Gasteiger partial charge in [-0.2, -0.15) is 0 Å². The van der Waals surface area contributed by atoms with E-state index in [2.05, 4.69) is 27.5 Å². The SMILES string of the molecule is CN=C(NCCc1c(Cl)cccc1Cl)NCc1nc(C)c(C)s1.I. The van der Waals surface area contributed by atoms with E-state index in [-0.39, 0.29) is 24.0 Å². The number of nitrogens with one attached hydrogen (secondary N) is 2. The van der Waals surface area contributed by atoms with Crippen molar-refractivity contribution in [1.82, 2.24) is 15.6 Å². The van der Waals surface area contributed by atoms with Crippen LogP contribution in [0.4, 0.5) is 0 Å². The number of hydrogen-bond donors (Lipinski definition) is 2. The van der Waals surface area contributed by atoms with Crippen LogP contribution in [-0.2, 0) is 13.0 Å². The summed E-state index contributed by atoms with van der Waals surface area (Å²) >= 11 is 14.0. The largest absolute Gasteiger partial charge is 0.356 e. The van der Waals surface area contributed by atoms with Crippen molar-refractivity contribution in [3.63, 3.8) is 0 Å². The van der Waals surface area contributed by atoms with Gasteiger partial charge in [0.2, 0.25) is 0 Å². The number of aliphatic imine (C=N–C) groups is 1. The molecule has 0 atom stereocenters. The molecule has 0 aliphatic rings. The highest BCUT2D eigenvalue weighted by Gasteiger charge is 2.07. The van der Waals surface area contributed by atoms with Gasteiger partial charge >= 0.3 is 0 Å². The van der Waals surface area contributed by atoms with E-state index in [0.29, 0.717) is 23.1 Å². The molecule has 24 heavy (non-hydrogen) atoms. The Hall–Kier alpha value is -0.570. The first-order valence-electron chi connectivity index (χ1n) is 7.31. The zero-order chi connectivity index (χ0) is 16.8. The van der Waals surface area contributed by atoms with E-state index in [1.165, 1.54) is 4.88 Å². The van der Waals surface area contributed by atoms with Gasteiger partial charge in [-0.05, 0) is 38.0 Å². The molecule has 132 valence electrons. The summed E-state index contributed by atoms with van der Waals surface area (Å²) in [5, 5.41) is 8.96. The van der Waals surface area contributed by atoms with Crippen LogP contribution >= 0.6 is 58.5 Å². The highest BCUT2D eigenvalue weighted by Crippen LogP contribution is 2.24. The average Bonchev–Trinajstić information content (AvgIpc) is 2.84. The Labute approximate surface area is 174 Å². The molecule has 2 N–H and O–H groups in total. The molecule has 0 aliphatic carbocycles.